The Balaban J connectivity index is 2.16. The normalized spacial score (nSPS) is 16.3. The Morgan fingerprint density at radius 3 is 2.72 bits per heavy atom. The van der Waals surface area contributed by atoms with Gasteiger partial charge in [0.25, 0.3) is 5.56 Å². The number of nitrogens with two attached hydrogens (primary N) is 1. The monoisotopic (exact) mass is 266 g/mol. The highest BCUT2D eigenvalue weighted by atomic mass is 32.1. The predicted molar refractivity (Wildman–Crippen MR) is 75.9 cm³/mol. The number of thiocarbonyl (C=S) groups is 1. The van der Waals surface area contributed by atoms with Gasteiger partial charge in [0, 0.05) is 26.6 Å². The molecule has 0 spiro atoms. The van der Waals surface area contributed by atoms with Crippen LogP contribution in [0.2, 0.25) is 0 Å². The second-order valence-corrected chi connectivity index (χ2v) is 5.77. The van der Waals surface area contributed by atoms with Crippen LogP contribution in [-0.2, 0) is 6.54 Å². The van der Waals surface area contributed by atoms with Crippen molar-refractivity contribution in [1.29, 1.82) is 0 Å². The summed E-state index contributed by atoms with van der Waals surface area (Å²) in [7, 11) is 3.77. The van der Waals surface area contributed by atoms with Crippen molar-refractivity contribution in [1.82, 2.24) is 9.78 Å². The first kappa shape index (κ1) is 13.0. The summed E-state index contributed by atoms with van der Waals surface area (Å²) in [5.74, 6) is 0. The van der Waals surface area contributed by atoms with E-state index < -0.39 is 0 Å². The average Bonchev–Trinajstić information content (AvgIpc) is 2.99. The third kappa shape index (κ3) is 2.87. The zero-order valence-electron chi connectivity index (χ0n) is 10.7. The highest BCUT2D eigenvalue weighted by Crippen LogP contribution is 2.49. The highest BCUT2D eigenvalue weighted by molar-refractivity contribution is 7.80. The van der Waals surface area contributed by atoms with E-state index in [1.54, 1.807) is 12.3 Å². The molecule has 1 aliphatic carbocycles. The summed E-state index contributed by atoms with van der Waals surface area (Å²) in [6.45, 7) is 0.608. The van der Waals surface area contributed by atoms with Gasteiger partial charge in [0.05, 0.1) is 23.4 Å². The molecule has 1 aromatic heterocycles. The molecule has 2 N–H and O–H groups in total. The van der Waals surface area contributed by atoms with Gasteiger partial charge in [-0.2, -0.15) is 5.10 Å². The van der Waals surface area contributed by atoms with Crippen molar-refractivity contribution in [3.05, 3.63) is 22.6 Å². The van der Waals surface area contributed by atoms with Gasteiger partial charge in [0.1, 0.15) is 0 Å². The van der Waals surface area contributed by atoms with E-state index in [1.807, 2.05) is 19.0 Å². The summed E-state index contributed by atoms with van der Waals surface area (Å²) >= 11 is 4.95. The predicted octanol–water partition coefficient (Wildman–Crippen LogP) is 0.766. The first-order valence-electron chi connectivity index (χ1n) is 5.95. The number of hydrogen-bond acceptors (Lipinski definition) is 4. The van der Waals surface area contributed by atoms with Gasteiger partial charge in [-0.25, -0.2) is 4.68 Å². The van der Waals surface area contributed by atoms with E-state index in [0.717, 1.165) is 18.5 Å². The fraction of sp³-hybridized carbons (Fsp3) is 0.583. The van der Waals surface area contributed by atoms with Crippen LogP contribution in [0.3, 0.4) is 0 Å². The van der Waals surface area contributed by atoms with Crippen LogP contribution in [0.5, 0.6) is 0 Å². The van der Waals surface area contributed by atoms with Crippen molar-refractivity contribution in [3.63, 3.8) is 0 Å². The van der Waals surface area contributed by atoms with Gasteiger partial charge in [-0.1, -0.05) is 12.2 Å². The molecule has 0 amide bonds. The molecule has 1 fully saturated rings. The maximum atomic E-state index is 11.9. The van der Waals surface area contributed by atoms with Crippen molar-refractivity contribution < 1.29 is 0 Å². The largest absolute Gasteiger partial charge is 0.393 e. The lowest BCUT2D eigenvalue weighted by atomic mass is 10.0. The van der Waals surface area contributed by atoms with Crippen LogP contribution in [0.15, 0.2) is 17.1 Å². The molecule has 2 rings (SSSR count). The molecule has 0 bridgehead atoms. The quantitative estimate of drug-likeness (QED) is 0.797. The third-order valence-electron chi connectivity index (χ3n) is 3.36. The fourth-order valence-electron chi connectivity index (χ4n) is 2.04. The fourth-order valence-corrected chi connectivity index (χ4v) is 2.35. The summed E-state index contributed by atoms with van der Waals surface area (Å²) in [5, 5.41) is 4.21. The number of hydrogen-bond donors (Lipinski definition) is 1. The second kappa shape index (κ2) is 4.68. The van der Waals surface area contributed by atoms with Crippen molar-refractivity contribution >= 4 is 22.9 Å². The molecule has 5 nitrogen and oxygen atoms in total. The molecule has 1 aliphatic rings. The molecule has 0 aliphatic heterocycles. The van der Waals surface area contributed by atoms with E-state index in [-0.39, 0.29) is 11.0 Å². The second-order valence-electron chi connectivity index (χ2n) is 5.25. The Morgan fingerprint density at radius 1 is 1.61 bits per heavy atom. The van der Waals surface area contributed by atoms with Crippen LogP contribution >= 0.6 is 12.2 Å². The molecule has 0 aromatic carbocycles. The maximum absolute atomic E-state index is 11.9. The van der Waals surface area contributed by atoms with Gasteiger partial charge >= 0.3 is 0 Å². The Hall–Kier alpha value is -1.43. The molecule has 0 atom stereocenters. The van der Waals surface area contributed by atoms with E-state index in [1.165, 1.54) is 4.68 Å². The van der Waals surface area contributed by atoms with E-state index in [4.69, 9.17) is 18.0 Å². The van der Waals surface area contributed by atoms with Gasteiger partial charge in [-0.05, 0) is 18.3 Å². The molecular weight excluding hydrogens is 248 g/mol. The van der Waals surface area contributed by atoms with E-state index >= 15 is 0 Å². The zero-order chi connectivity index (χ0) is 13.3. The lowest BCUT2D eigenvalue weighted by Gasteiger charge is -2.16. The minimum atomic E-state index is -0.0737. The van der Waals surface area contributed by atoms with E-state index in [9.17, 15) is 4.79 Å². The molecule has 6 heteroatoms. The highest BCUT2D eigenvalue weighted by Gasteiger charge is 2.43. The summed E-state index contributed by atoms with van der Waals surface area (Å²) in [6, 6.07) is 1.60. The Labute approximate surface area is 112 Å². The zero-order valence-corrected chi connectivity index (χ0v) is 11.5. The van der Waals surface area contributed by atoms with Gasteiger partial charge < -0.3 is 10.6 Å². The Morgan fingerprint density at radius 2 is 2.28 bits per heavy atom. The third-order valence-corrected chi connectivity index (χ3v) is 3.51. The topological polar surface area (TPSA) is 64.2 Å². The minimum Gasteiger partial charge on any atom is -0.393 e. The molecule has 1 heterocycles. The lowest BCUT2D eigenvalue weighted by molar-refractivity contribution is 0.397. The minimum absolute atomic E-state index is 0.0717. The van der Waals surface area contributed by atoms with Gasteiger partial charge in [0.2, 0.25) is 0 Å². The van der Waals surface area contributed by atoms with Crippen LogP contribution < -0.4 is 16.2 Å². The average molecular weight is 266 g/mol. The van der Waals surface area contributed by atoms with Crippen molar-refractivity contribution in [2.75, 3.05) is 19.0 Å². The summed E-state index contributed by atoms with van der Waals surface area (Å²) in [6.07, 6.45) is 4.53. The first-order chi connectivity index (χ1) is 8.42. The van der Waals surface area contributed by atoms with Gasteiger partial charge in [-0.15, -0.1) is 0 Å². The standard InChI is InChI=1S/C12H18N4OS/c1-15(2)9-5-11(17)16(14-7-9)8-12(3-4-12)6-10(13)18/h5,7H,3-4,6,8H2,1-2H3,(H2,13,18). The number of rotatable bonds is 5. The van der Waals surface area contributed by atoms with E-state index in [0.29, 0.717) is 18.0 Å². The molecule has 1 aromatic rings. The molecular formula is C12H18N4OS. The molecule has 0 radical (unpaired) electrons. The van der Waals surface area contributed by atoms with Crippen LogP contribution in [-0.4, -0.2) is 28.9 Å². The maximum Gasteiger partial charge on any atom is 0.268 e. The Kier molecular flexibility index (Phi) is 3.38. The molecule has 1 saturated carbocycles. The summed E-state index contributed by atoms with van der Waals surface area (Å²) < 4.78 is 1.51. The van der Waals surface area contributed by atoms with Crippen molar-refractivity contribution in [2.45, 2.75) is 25.8 Å². The van der Waals surface area contributed by atoms with Gasteiger partial charge in [-0.3, -0.25) is 4.79 Å². The van der Waals surface area contributed by atoms with Crippen molar-refractivity contribution in [3.8, 4) is 0 Å². The number of aromatic nitrogens is 2. The summed E-state index contributed by atoms with van der Waals surface area (Å²) in [4.78, 5) is 14.3. The first-order valence-corrected chi connectivity index (χ1v) is 6.36. The number of nitrogens with zero attached hydrogens (tertiary/aromatic N) is 3. The number of anilines is 1. The lowest BCUT2D eigenvalue weighted by Crippen LogP contribution is -2.29. The Bertz CT molecular complexity index is 519. The van der Waals surface area contributed by atoms with Crippen LogP contribution in [0.1, 0.15) is 19.3 Å². The molecule has 98 valence electrons. The summed E-state index contributed by atoms with van der Waals surface area (Å²) in [5.41, 5.74) is 6.40. The molecule has 0 saturated heterocycles. The van der Waals surface area contributed by atoms with Crippen LogP contribution in [0.4, 0.5) is 5.69 Å². The smallest absolute Gasteiger partial charge is 0.268 e. The van der Waals surface area contributed by atoms with Crippen LogP contribution in [0.25, 0.3) is 0 Å². The van der Waals surface area contributed by atoms with E-state index in [2.05, 4.69) is 5.10 Å². The van der Waals surface area contributed by atoms with Crippen LogP contribution in [0, 0.1) is 5.41 Å². The molecule has 0 unspecified atom stereocenters. The SMILES string of the molecule is CN(C)c1cnn(CC2(CC(N)=S)CC2)c(=O)c1. The molecule has 18 heavy (non-hydrogen) atoms. The van der Waals surface area contributed by atoms with Gasteiger partial charge in [0.15, 0.2) is 0 Å². The van der Waals surface area contributed by atoms with Crippen molar-refractivity contribution in [2.24, 2.45) is 11.1 Å².